The number of aliphatic hydroxyl groups excluding tert-OH is 1. The number of halogens is 1. The quantitative estimate of drug-likeness (QED) is 0.238. The van der Waals surface area contributed by atoms with E-state index < -0.39 is 51.5 Å². The first-order chi connectivity index (χ1) is 21.1. The van der Waals surface area contributed by atoms with Crippen LogP contribution in [0.25, 0.3) is 10.9 Å². The molecule has 7 nitrogen and oxygen atoms in total. The molecule has 0 radical (unpaired) electrons. The van der Waals surface area contributed by atoms with Crippen molar-refractivity contribution >= 4 is 22.5 Å². The molecule has 0 unspecified atom stereocenters. The van der Waals surface area contributed by atoms with Crippen molar-refractivity contribution in [3.8, 4) is 0 Å². The van der Waals surface area contributed by atoms with E-state index >= 15 is 0 Å². The van der Waals surface area contributed by atoms with Crippen molar-refractivity contribution in [2.75, 3.05) is 0 Å². The van der Waals surface area contributed by atoms with Crippen LogP contribution in [0.1, 0.15) is 95.2 Å². The number of rotatable bonds is 1. The lowest BCUT2D eigenvalue weighted by Crippen LogP contribution is -2.76. The molecule has 2 aromatic rings. The van der Waals surface area contributed by atoms with E-state index in [1.165, 1.54) is 0 Å². The van der Waals surface area contributed by atoms with Crippen LogP contribution in [0.2, 0.25) is 5.02 Å². The number of aromatic amines is 1. The number of fused-ring (bicyclic) bond motifs is 5. The molecule has 4 heterocycles. The van der Waals surface area contributed by atoms with Crippen molar-refractivity contribution in [3.63, 3.8) is 0 Å². The molecule has 10 rings (SSSR count). The molecule has 4 N–H and O–H groups in total. The highest BCUT2D eigenvalue weighted by molar-refractivity contribution is 6.32. The lowest BCUT2D eigenvalue weighted by Gasteiger charge is -2.66. The smallest absolute Gasteiger partial charge is 0.153 e. The Morgan fingerprint density at radius 3 is 2.60 bits per heavy atom. The highest BCUT2D eigenvalue weighted by Crippen LogP contribution is 2.78. The van der Waals surface area contributed by atoms with Crippen molar-refractivity contribution in [2.24, 2.45) is 23.2 Å². The van der Waals surface area contributed by atoms with E-state index in [0.717, 1.165) is 63.7 Å². The molecule has 3 saturated carbocycles. The number of ether oxygens (including phenoxy) is 3. The van der Waals surface area contributed by atoms with Crippen LogP contribution in [-0.2, 0) is 31.6 Å². The molecule has 2 saturated heterocycles. The van der Waals surface area contributed by atoms with Crippen LogP contribution in [-0.4, -0.2) is 61.5 Å². The molecule has 1 aromatic carbocycles. The Labute approximate surface area is 269 Å². The fourth-order valence-electron chi connectivity index (χ4n) is 12.9. The van der Waals surface area contributed by atoms with Crippen LogP contribution in [0.5, 0.6) is 0 Å². The van der Waals surface area contributed by atoms with Crippen LogP contribution in [0.15, 0.2) is 30.4 Å². The summed E-state index contributed by atoms with van der Waals surface area (Å²) in [6.07, 6.45) is 1.83. The summed E-state index contributed by atoms with van der Waals surface area (Å²) in [5.74, 6) is -0.0241. The minimum absolute atomic E-state index is 0.0254. The van der Waals surface area contributed by atoms with E-state index in [-0.39, 0.29) is 30.0 Å². The van der Waals surface area contributed by atoms with Gasteiger partial charge in [0.25, 0.3) is 0 Å². The monoisotopic (exact) mass is 633 g/mol. The van der Waals surface area contributed by atoms with Gasteiger partial charge in [0.05, 0.1) is 17.8 Å². The highest BCUT2D eigenvalue weighted by atomic mass is 35.5. The molecular weight excluding hydrogens is 590 g/mol. The van der Waals surface area contributed by atoms with Crippen LogP contribution in [0.4, 0.5) is 0 Å². The minimum Gasteiger partial charge on any atom is -0.387 e. The average Bonchev–Trinajstić information content (AvgIpc) is 3.55. The van der Waals surface area contributed by atoms with E-state index in [1.807, 2.05) is 13.0 Å². The zero-order valence-electron chi connectivity index (χ0n) is 26.8. The fraction of sp³-hybridized carbons (Fsp3) is 0.676. The van der Waals surface area contributed by atoms with Crippen molar-refractivity contribution in [1.82, 2.24) is 4.98 Å². The number of hydrogen-bond donors (Lipinski definition) is 4. The Bertz CT molecular complexity index is 1800. The van der Waals surface area contributed by atoms with Crippen molar-refractivity contribution in [1.29, 1.82) is 0 Å². The Kier molecular flexibility index (Phi) is 4.89. The largest absolute Gasteiger partial charge is 0.387 e. The zero-order valence-corrected chi connectivity index (χ0v) is 27.6. The van der Waals surface area contributed by atoms with Gasteiger partial charge in [0.2, 0.25) is 0 Å². The van der Waals surface area contributed by atoms with Gasteiger partial charge in [-0.1, -0.05) is 44.2 Å². The van der Waals surface area contributed by atoms with E-state index in [1.54, 1.807) is 0 Å². The number of aliphatic hydroxyl groups is 3. The van der Waals surface area contributed by atoms with E-state index in [2.05, 4.69) is 45.8 Å². The lowest BCUT2D eigenvalue weighted by atomic mass is 9.40. The van der Waals surface area contributed by atoms with Gasteiger partial charge in [-0.25, -0.2) is 0 Å². The second kappa shape index (κ2) is 7.78. The molecule has 8 aliphatic rings. The number of epoxide rings is 1. The third-order valence-electron chi connectivity index (χ3n) is 15.2. The summed E-state index contributed by atoms with van der Waals surface area (Å²) in [5, 5.41) is 39.1. The summed E-state index contributed by atoms with van der Waals surface area (Å²) >= 11 is 7.06. The maximum absolute atomic E-state index is 13.2. The predicted molar refractivity (Wildman–Crippen MR) is 169 cm³/mol. The van der Waals surface area contributed by atoms with Crippen LogP contribution in [0, 0.1) is 23.2 Å². The Morgan fingerprint density at radius 2 is 1.87 bits per heavy atom. The van der Waals surface area contributed by atoms with Gasteiger partial charge >= 0.3 is 0 Å². The van der Waals surface area contributed by atoms with Gasteiger partial charge in [-0.3, -0.25) is 0 Å². The summed E-state index contributed by atoms with van der Waals surface area (Å²) in [7, 11) is 0. The topological polar surface area (TPSA) is 107 Å². The van der Waals surface area contributed by atoms with Gasteiger partial charge in [0.1, 0.15) is 29.5 Å². The zero-order chi connectivity index (χ0) is 31.6. The van der Waals surface area contributed by atoms with E-state index in [9.17, 15) is 15.3 Å². The molecule has 8 heteroatoms. The molecule has 0 bridgehead atoms. The minimum atomic E-state index is -1.24. The normalized spacial score (nSPS) is 52.5. The number of H-pyrrole nitrogens is 1. The Morgan fingerprint density at radius 1 is 1.11 bits per heavy atom. The number of nitrogens with one attached hydrogen (secondary N) is 1. The molecule has 13 atom stereocenters. The van der Waals surface area contributed by atoms with Crippen molar-refractivity contribution in [3.05, 3.63) is 57.8 Å². The maximum atomic E-state index is 13.2. The third-order valence-corrected chi connectivity index (χ3v) is 15.5. The van der Waals surface area contributed by atoms with E-state index in [4.69, 9.17) is 25.8 Å². The number of hydrogen-bond acceptors (Lipinski definition) is 6. The van der Waals surface area contributed by atoms with Crippen LogP contribution >= 0.6 is 11.6 Å². The molecule has 3 aliphatic heterocycles. The van der Waals surface area contributed by atoms with Crippen molar-refractivity contribution in [2.45, 2.75) is 131 Å². The first kappa shape index (κ1) is 28.3. The van der Waals surface area contributed by atoms with Crippen LogP contribution in [0.3, 0.4) is 0 Å². The molecule has 1 spiro atoms. The maximum Gasteiger partial charge on any atom is 0.153 e. The standard InChI is InChI=1S/C37H44ClNO6/c1-15(2)28-27(40)31-37(45-31)23(43-28)9-10-33(6)34(7)18(8-11-35(33,37)41)29-25-24-21(39-30(25)34)14-20(38)17-12-16(3)19-13-22(32(4,5)44-29)36(19,42)26(17)24/h14,18-19,22-23,27-29,31,39-42H,1,3,8-13H2,2,4-7H3/t18-,19+,22+,23-,27-,28+,29-,31+,33-,34-,35+,36-,37+/m0/s1. The van der Waals surface area contributed by atoms with Gasteiger partial charge in [0.15, 0.2) is 5.60 Å². The summed E-state index contributed by atoms with van der Waals surface area (Å²) in [6, 6.07) is 2.02. The van der Waals surface area contributed by atoms with Crippen molar-refractivity contribution < 1.29 is 29.5 Å². The lowest BCUT2D eigenvalue weighted by molar-refractivity contribution is -0.281. The van der Waals surface area contributed by atoms with Gasteiger partial charge in [-0.2, -0.15) is 0 Å². The Balaban J connectivity index is 1.21. The first-order valence-corrected chi connectivity index (χ1v) is 17.3. The molecule has 5 fully saturated rings. The number of benzene rings is 1. The van der Waals surface area contributed by atoms with Gasteiger partial charge in [0, 0.05) is 55.8 Å². The highest BCUT2D eigenvalue weighted by Gasteiger charge is 2.87. The summed E-state index contributed by atoms with van der Waals surface area (Å²) < 4.78 is 20.4. The molecule has 0 amide bonds. The summed E-state index contributed by atoms with van der Waals surface area (Å²) in [6.45, 7) is 19.2. The SMILES string of the molecule is C=C(C)[C@H]1O[C@H]2CC[C@]3(C)[C@](O)(CC[C@H]4[C@@H]5OC(C)(C)[C@H]6C[C@@H]7C(=C)Cc8c(Cl)cc9[nH]c(c5c9c8[C@]76O)[C@]43C)[C@@]23O[C@@H]3[C@H]1O. The second-order valence-electron chi connectivity index (χ2n) is 17.0. The molecular formula is C37H44ClNO6. The molecule has 1 aromatic heterocycles. The predicted octanol–water partition coefficient (Wildman–Crippen LogP) is 5.66. The summed E-state index contributed by atoms with van der Waals surface area (Å²) in [5.41, 5.74) is 1.86. The average molecular weight is 634 g/mol. The molecule has 45 heavy (non-hydrogen) atoms. The number of aromatic nitrogens is 1. The summed E-state index contributed by atoms with van der Waals surface area (Å²) in [4.78, 5) is 3.87. The first-order valence-electron chi connectivity index (χ1n) is 16.9. The Hall–Kier alpha value is -1.71. The van der Waals surface area contributed by atoms with Crippen LogP contribution < -0.4 is 0 Å². The molecule has 5 aliphatic carbocycles. The molecule has 240 valence electrons. The van der Waals surface area contributed by atoms with Gasteiger partial charge < -0.3 is 34.5 Å². The third kappa shape index (κ3) is 2.64. The second-order valence-corrected chi connectivity index (χ2v) is 17.4. The van der Waals surface area contributed by atoms with Gasteiger partial charge in [-0.05, 0) is 82.1 Å². The van der Waals surface area contributed by atoms with E-state index in [0.29, 0.717) is 24.3 Å². The van der Waals surface area contributed by atoms with Gasteiger partial charge in [-0.15, -0.1) is 0 Å². The fourth-order valence-corrected chi connectivity index (χ4v) is 13.2.